The number of anilines is 1. The molecule has 2 aliphatic rings. The zero-order valence-electron chi connectivity index (χ0n) is 14.9. The average Bonchev–Trinajstić information content (AvgIpc) is 3.02. The monoisotopic (exact) mass is 405 g/mol. The van der Waals surface area contributed by atoms with E-state index in [2.05, 4.69) is 20.3 Å². The average molecular weight is 405 g/mol. The first-order valence-electron chi connectivity index (χ1n) is 8.57. The number of ether oxygens (including phenoxy) is 1. The summed E-state index contributed by atoms with van der Waals surface area (Å²) in [7, 11) is 0. The molecule has 1 amide bonds. The lowest BCUT2D eigenvalue weighted by Gasteiger charge is -2.35. The molecule has 4 rings (SSSR count). The van der Waals surface area contributed by atoms with Gasteiger partial charge in [-0.2, -0.15) is 0 Å². The zero-order valence-corrected chi connectivity index (χ0v) is 15.7. The topological polar surface area (TPSA) is 102 Å². The Morgan fingerprint density at radius 2 is 2.21 bits per heavy atom. The van der Waals surface area contributed by atoms with E-state index < -0.39 is 23.1 Å². The Morgan fingerprint density at radius 3 is 2.96 bits per heavy atom. The molecule has 0 saturated carbocycles. The van der Waals surface area contributed by atoms with Crippen molar-refractivity contribution in [1.82, 2.24) is 9.97 Å². The third-order valence-corrected chi connectivity index (χ3v) is 5.93. The minimum Gasteiger partial charge on any atom is -0.379 e. The second kappa shape index (κ2) is 7.10. The Bertz CT molecular complexity index is 958. The lowest BCUT2D eigenvalue weighted by atomic mass is 9.79. The highest BCUT2D eigenvalue weighted by molar-refractivity contribution is 8.13. The molecular weight excluding hydrogens is 388 g/mol. The number of carbonyl (C=O) groups is 1. The van der Waals surface area contributed by atoms with Gasteiger partial charge in [-0.3, -0.25) is 9.78 Å². The first-order valence-corrected chi connectivity index (χ1v) is 9.56. The van der Waals surface area contributed by atoms with Crippen LogP contribution in [0.1, 0.15) is 23.0 Å². The molecular formula is C18H17F2N5O2S. The molecule has 3 heterocycles. The SMILES string of the molecule is C[C@H]1OC[C@]2(c3cc(NC(=O)c4cnccn4)cc(F)c3F)N=C(N)SC[C@H]12. The van der Waals surface area contributed by atoms with Crippen LogP contribution in [0.4, 0.5) is 14.5 Å². The maximum atomic E-state index is 14.8. The molecule has 0 aliphatic carbocycles. The van der Waals surface area contributed by atoms with E-state index in [4.69, 9.17) is 10.5 Å². The Labute approximate surface area is 163 Å². The van der Waals surface area contributed by atoms with E-state index in [-0.39, 0.29) is 35.6 Å². The molecule has 2 aliphatic heterocycles. The van der Waals surface area contributed by atoms with Crippen LogP contribution in [0.15, 0.2) is 35.7 Å². The second-order valence-electron chi connectivity index (χ2n) is 6.67. The molecule has 1 aromatic carbocycles. The number of rotatable bonds is 3. The van der Waals surface area contributed by atoms with Crippen molar-refractivity contribution in [2.24, 2.45) is 16.6 Å². The summed E-state index contributed by atoms with van der Waals surface area (Å²) in [5.41, 5.74) is 4.92. The van der Waals surface area contributed by atoms with Gasteiger partial charge in [0.05, 0.1) is 18.9 Å². The van der Waals surface area contributed by atoms with Crippen molar-refractivity contribution in [2.75, 3.05) is 17.7 Å². The highest BCUT2D eigenvalue weighted by atomic mass is 32.2. The van der Waals surface area contributed by atoms with Crippen molar-refractivity contribution in [3.8, 4) is 0 Å². The molecule has 0 radical (unpaired) electrons. The lowest BCUT2D eigenvalue weighted by Crippen LogP contribution is -2.42. The summed E-state index contributed by atoms with van der Waals surface area (Å²) in [6.07, 6.45) is 3.88. The number of nitrogens with zero attached hydrogens (tertiary/aromatic N) is 3. The van der Waals surface area contributed by atoms with E-state index in [0.29, 0.717) is 10.9 Å². The lowest BCUT2D eigenvalue weighted by molar-refractivity contribution is 0.102. The third-order valence-electron chi connectivity index (χ3n) is 5.02. The fourth-order valence-electron chi connectivity index (χ4n) is 3.59. The standard InChI is InChI=1S/C18H17F2N5O2S/c1-9-12-7-28-17(21)25-18(12,8-27-9)11-4-10(5-13(19)15(11)20)24-16(26)14-6-22-2-3-23-14/h2-6,9,12H,7-8H2,1H3,(H2,21,25)(H,24,26)/t9-,12-,18-/m1/s1. The van der Waals surface area contributed by atoms with E-state index in [1.54, 1.807) is 0 Å². The van der Waals surface area contributed by atoms with Crippen molar-refractivity contribution in [3.63, 3.8) is 0 Å². The molecule has 0 unspecified atom stereocenters. The van der Waals surface area contributed by atoms with Crippen molar-refractivity contribution >= 4 is 28.5 Å². The molecule has 3 N–H and O–H groups in total. The van der Waals surface area contributed by atoms with Crippen LogP contribution in [0, 0.1) is 17.6 Å². The van der Waals surface area contributed by atoms with Crippen molar-refractivity contribution in [2.45, 2.75) is 18.6 Å². The first-order chi connectivity index (χ1) is 13.4. The number of amides is 1. The number of carbonyl (C=O) groups excluding carboxylic acids is 1. The van der Waals surface area contributed by atoms with Gasteiger partial charge in [0, 0.05) is 41.4 Å². The number of hydrogen-bond donors (Lipinski definition) is 2. The van der Waals surface area contributed by atoms with Crippen LogP contribution < -0.4 is 11.1 Å². The van der Waals surface area contributed by atoms with Gasteiger partial charge < -0.3 is 15.8 Å². The van der Waals surface area contributed by atoms with Gasteiger partial charge >= 0.3 is 0 Å². The molecule has 3 atom stereocenters. The summed E-state index contributed by atoms with van der Waals surface area (Å²) in [4.78, 5) is 24.5. The van der Waals surface area contributed by atoms with Gasteiger partial charge in [0.1, 0.15) is 11.2 Å². The van der Waals surface area contributed by atoms with Crippen LogP contribution in [-0.4, -0.2) is 39.5 Å². The van der Waals surface area contributed by atoms with Gasteiger partial charge in [-0.1, -0.05) is 11.8 Å². The summed E-state index contributed by atoms with van der Waals surface area (Å²) in [5, 5.41) is 2.83. The van der Waals surface area contributed by atoms with Gasteiger partial charge in [-0.05, 0) is 13.0 Å². The van der Waals surface area contributed by atoms with Gasteiger partial charge in [0.25, 0.3) is 5.91 Å². The van der Waals surface area contributed by atoms with Crippen LogP contribution in [0.3, 0.4) is 0 Å². The minimum atomic E-state index is -1.13. The number of aliphatic imine (C=N–C) groups is 1. The predicted octanol–water partition coefficient (Wildman–Crippen LogP) is 2.30. The van der Waals surface area contributed by atoms with E-state index in [1.165, 1.54) is 36.4 Å². The van der Waals surface area contributed by atoms with E-state index in [9.17, 15) is 13.6 Å². The Balaban J connectivity index is 1.76. The third kappa shape index (κ3) is 3.12. The number of fused-ring (bicyclic) bond motifs is 1. The number of nitrogens with one attached hydrogen (secondary N) is 1. The first kappa shape index (κ1) is 18.8. The molecule has 1 aromatic heterocycles. The smallest absolute Gasteiger partial charge is 0.275 e. The maximum absolute atomic E-state index is 14.8. The van der Waals surface area contributed by atoms with Gasteiger partial charge in [-0.15, -0.1) is 0 Å². The number of hydrogen-bond acceptors (Lipinski definition) is 7. The fourth-order valence-corrected chi connectivity index (χ4v) is 4.71. The molecule has 0 spiro atoms. The summed E-state index contributed by atoms with van der Waals surface area (Å²) in [5.74, 6) is -2.30. The van der Waals surface area contributed by atoms with Gasteiger partial charge in [-0.25, -0.2) is 18.8 Å². The number of benzene rings is 1. The van der Waals surface area contributed by atoms with Crippen molar-refractivity contribution in [3.05, 3.63) is 53.6 Å². The predicted molar refractivity (Wildman–Crippen MR) is 101 cm³/mol. The van der Waals surface area contributed by atoms with Crippen LogP contribution >= 0.6 is 11.8 Å². The molecule has 7 nitrogen and oxygen atoms in total. The molecule has 0 bridgehead atoms. The summed E-state index contributed by atoms with van der Waals surface area (Å²) in [6, 6.07) is 2.30. The summed E-state index contributed by atoms with van der Waals surface area (Å²) in [6.45, 7) is 1.95. The van der Waals surface area contributed by atoms with E-state index in [0.717, 1.165) is 6.07 Å². The normalized spacial score (nSPS) is 26.5. The summed E-state index contributed by atoms with van der Waals surface area (Å²) >= 11 is 1.36. The van der Waals surface area contributed by atoms with E-state index >= 15 is 0 Å². The Hall–Kier alpha value is -2.59. The molecule has 10 heteroatoms. The number of thioether (sulfide) groups is 1. The quantitative estimate of drug-likeness (QED) is 0.812. The number of halogens is 2. The molecule has 28 heavy (non-hydrogen) atoms. The van der Waals surface area contributed by atoms with E-state index in [1.807, 2.05) is 6.92 Å². The fraction of sp³-hybridized carbons (Fsp3) is 0.333. The highest BCUT2D eigenvalue weighted by Gasteiger charge is 2.53. The molecule has 2 aromatic rings. The van der Waals surface area contributed by atoms with Crippen molar-refractivity contribution in [1.29, 1.82) is 0 Å². The van der Waals surface area contributed by atoms with Crippen LogP contribution in [-0.2, 0) is 10.3 Å². The number of aromatic nitrogens is 2. The minimum absolute atomic E-state index is 0.0135. The highest BCUT2D eigenvalue weighted by Crippen LogP contribution is 2.48. The van der Waals surface area contributed by atoms with Crippen molar-refractivity contribution < 1.29 is 18.3 Å². The number of nitrogens with two attached hydrogens (primary N) is 1. The molecule has 1 fully saturated rings. The van der Waals surface area contributed by atoms with Crippen LogP contribution in [0.25, 0.3) is 0 Å². The van der Waals surface area contributed by atoms with Gasteiger partial charge in [0.2, 0.25) is 0 Å². The van der Waals surface area contributed by atoms with Crippen LogP contribution in [0.5, 0.6) is 0 Å². The Kier molecular flexibility index (Phi) is 4.76. The summed E-state index contributed by atoms with van der Waals surface area (Å²) < 4.78 is 35.0. The molecule has 1 saturated heterocycles. The Morgan fingerprint density at radius 1 is 1.39 bits per heavy atom. The maximum Gasteiger partial charge on any atom is 0.275 e. The zero-order chi connectivity index (χ0) is 19.9. The van der Waals surface area contributed by atoms with Crippen LogP contribution in [0.2, 0.25) is 0 Å². The second-order valence-corrected chi connectivity index (χ2v) is 7.71. The largest absolute Gasteiger partial charge is 0.379 e. The molecule has 146 valence electrons. The van der Waals surface area contributed by atoms with Gasteiger partial charge in [0.15, 0.2) is 16.8 Å². The number of amidine groups is 1.